The van der Waals surface area contributed by atoms with Gasteiger partial charge in [0.25, 0.3) is 5.91 Å². The molecule has 0 radical (unpaired) electrons. The number of nitriles is 1. The summed E-state index contributed by atoms with van der Waals surface area (Å²) in [6.45, 7) is -0.116. The van der Waals surface area contributed by atoms with E-state index >= 15 is 0 Å². The van der Waals surface area contributed by atoms with Crippen molar-refractivity contribution in [2.45, 2.75) is 0 Å². The second-order valence-electron chi connectivity index (χ2n) is 3.79. The highest BCUT2D eigenvalue weighted by atomic mass is 32.1. The molecule has 6 nitrogen and oxygen atoms in total. The van der Waals surface area contributed by atoms with Crippen molar-refractivity contribution in [1.29, 1.82) is 5.26 Å². The van der Waals surface area contributed by atoms with Crippen LogP contribution in [-0.2, 0) is 4.79 Å². The van der Waals surface area contributed by atoms with E-state index in [1.54, 1.807) is 24.3 Å². The number of carbonyl (C=O) groups excluding carboxylic acids is 1. The Bertz CT molecular complexity index is 634. The summed E-state index contributed by atoms with van der Waals surface area (Å²) in [5.74, 6) is 0.566. The average molecular weight is 289 g/mol. The summed E-state index contributed by atoms with van der Waals surface area (Å²) in [5, 5.41) is 14.1. The fourth-order valence-electron chi connectivity index (χ4n) is 1.70. The third kappa shape index (κ3) is 2.87. The monoisotopic (exact) mass is 289 g/mol. The molecule has 0 aromatic heterocycles. The Kier molecular flexibility index (Phi) is 4.17. The Morgan fingerprint density at radius 1 is 1.45 bits per heavy atom. The summed E-state index contributed by atoms with van der Waals surface area (Å²) in [6, 6.07) is 7.11. The highest BCUT2D eigenvalue weighted by Crippen LogP contribution is 2.32. The Morgan fingerprint density at radius 3 is 2.85 bits per heavy atom. The van der Waals surface area contributed by atoms with Crippen molar-refractivity contribution < 1.29 is 14.3 Å². The zero-order valence-electron chi connectivity index (χ0n) is 10.6. The molecule has 0 spiro atoms. The predicted octanol–water partition coefficient (Wildman–Crippen LogP) is 0.943. The number of rotatable bonds is 4. The fourth-order valence-corrected chi connectivity index (χ4v) is 1.91. The lowest BCUT2D eigenvalue weighted by atomic mass is 10.1. The number of para-hydroxylation sites is 1. The molecule has 0 atom stereocenters. The Hall–Kier alpha value is -2.59. The van der Waals surface area contributed by atoms with E-state index in [1.807, 2.05) is 6.07 Å². The minimum absolute atomic E-state index is 0.116. The molecule has 1 aliphatic heterocycles. The minimum atomic E-state index is -0.316. The maximum absolute atomic E-state index is 11.6. The molecule has 1 amide bonds. The average Bonchev–Trinajstić information content (AvgIpc) is 2.75. The number of methoxy groups -OCH3 is 1. The minimum Gasteiger partial charge on any atom is -0.493 e. The van der Waals surface area contributed by atoms with Crippen LogP contribution in [0.2, 0.25) is 0 Å². The van der Waals surface area contributed by atoms with Crippen molar-refractivity contribution in [2.24, 2.45) is 0 Å². The molecular weight excluding hydrogens is 278 g/mol. The van der Waals surface area contributed by atoms with Crippen LogP contribution < -0.4 is 20.1 Å². The number of nitrogens with zero attached hydrogens (tertiary/aromatic N) is 1. The summed E-state index contributed by atoms with van der Waals surface area (Å²) >= 11 is 4.86. The van der Waals surface area contributed by atoms with Crippen LogP contribution in [0, 0.1) is 11.3 Å². The summed E-state index contributed by atoms with van der Waals surface area (Å²) in [5.41, 5.74) is 0.923. The Labute approximate surface area is 121 Å². The molecule has 0 unspecified atom stereocenters. The quantitative estimate of drug-likeness (QED) is 0.634. The first-order valence-electron chi connectivity index (χ1n) is 5.66. The van der Waals surface area contributed by atoms with Gasteiger partial charge in [-0.1, -0.05) is 12.1 Å². The third-order valence-electron chi connectivity index (χ3n) is 2.53. The number of ether oxygens (including phenoxy) is 2. The van der Waals surface area contributed by atoms with Gasteiger partial charge >= 0.3 is 0 Å². The molecule has 2 N–H and O–H groups in total. The lowest BCUT2D eigenvalue weighted by Crippen LogP contribution is -2.21. The second-order valence-corrected chi connectivity index (χ2v) is 4.20. The summed E-state index contributed by atoms with van der Waals surface area (Å²) in [4.78, 5) is 11.6. The number of hydrogen-bond acceptors (Lipinski definition) is 5. The molecule has 20 heavy (non-hydrogen) atoms. The number of nitrogens with one attached hydrogen (secondary N) is 2. The van der Waals surface area contributed by atoms with Crippen molar-refractivity contribution >= 4 is 29.3 Å². The van der Waals surface area contributed by atoms with Crippen molar-refractivity contribution in [3.05, 3.63) is 29.5 Å². The van der Waals surface area contributed by atoms with Gasteiger partial charge in [0.2, 0.25) is 0 Å². The topological polar surface area (TPSA) is 83.4 Å². The number of thiocarbonyl (C=S) groups is 1. The molecule has 1 aliphatic rings. The van der Waals surface area contributed by atoms with E-state index in [9.17, 15) is 4.79 Å². The van der Waals surface area contributed by atoms with Gasteiger partial charge < -0.3 is 14.8 Å². The third-order valence-corrected chi connectivity index (χ3v) is 2.73. The molecule has 1 saturated heterocycles. The summed E-state index contributed by atoms with van der Waals surface area (Å²) < 4.78 is 10.5. The van der Waals surface area contributed by atoms with Crippen molar-refractivity contribution in [1.82, 2.24) is 10.6 Å². The van der Waals surface area contributed by atoms with Gasteiger partial charge in [0.15, 0.2) is 23.2 Å². The molecule has 0 bridgehead atoms. The van der Waals surface area contributed by atoms with Gasteiger partial charge in [-0.3, -0.25) is 10.1 Å². The summed E-state index contributed by atoms with van der Waals surface area (Å²) in [6.07, 6.45) is 1.59. The Balaban J connectivity index is 2.41. The zero-order valence-corrected chi connectivity index (χ0v) is 11.4. The van der Waals surface area contributed by atoms with E-state index in [0.717, 1.165) is 0 Å². The summed E-state index contributed by atoms with van der Waals surface area (Å²) in [7, 11) is 1.50. The molecule has 1 aromatic carbocycles. The van der Waals surface area contributed by atoms with Gasteiger partial charge in [-0.05, 0) is 24.4 Å². The molecule has 0 aliphatic carbocycles. The van der Waals surface area contributed by atoms with Crippen LogP contribution in [0.25, 0.3) is 6.08 Å². The van der Waals surface area contributed by atoms with Gasteiger partial charge in [0.1, 0.15) is 11.8 Å². The normalized spacial score (nSPS) is 15.5. The smallest absolute Gasteiger partial charge is 0.273 e. The highest BCUT2D eigenvalue weighted by Gasteiger charge is 2.21. The number of benzene rings is 1. The molecule has 1 fully saturated rings. The van der Waals surface area contributed by atoms with Crippen molar-refractivity contribution in [3.63, 3.8) is 0 Å². The van der Waals surface area contributed by atoms with Crippen LogP contribution in [-0.4, -0.2) is 24.7 Å². The van der Waals surface area contributed by atoms with E-state index in [1.165, 1.54) is 7.11 Å². The van der Waals surface area contributed by atoms with E-state index in [0.29, 0.717) is 22.8 Å². The SMILES string of the molecule is COc1cccc(/C=C2\NC(=S)NC2=O)c1OCC#N. The van der Waals surface area contributed by atoms with E-state index in [-0.39, 0.29) is 17.6 Å². The number of carbonyl (C=O) groups is 1. The molecule has 1 heterocycles. The number of hydrogen-bond donors (Lipinski definition) is 2. The fraction of sp³-hybridized carbons (Fsp3) is 0.154. The van der Waals surface area contributed by atoms with Gasteiger partial charge in [0, 0.05) is 5.56 Å². The molecule has 0 saturated carbocycles. The second kappa shape index (κ2) is 6.04. The van der Waals surface area contributed by atoms with Crippen molar-refractivity contribution in [2.75, 3.05) is 13.7 Å². The largest absolute Gasteiger partial charge is 0.493 e. The van der Waals surface area contributed by atoms with Crippen LogP contribution >= 0.6 is 12.2 Å². The predicted molar refractivity (Wildman–Crippen MR) is 76.0 cm³/mol. The van der Waals surface area contributed by atoms with Crippen LogP contribution in [0.1, 0.15) is 5.56 Å². The van der Waals surface area contributed by atoms with E-state index in [2.05, 4.69) is 10.6 Å². The van der Waals surface area contributed by atoms with Crippen LogP contribution in [0.3, 0.4) is 0 Å². The van der Waals surface area contributed by atoms with Crippen molar-refractivity contribution in [3.8, 4) is 17.6 Å². The first-order chi connectivity index (χ1) is 9.65. The maximum Gasteiger partial charge on any atom is 0.273 e. The van der Waals surface area contributed by atoms with Crippen LogP contribution in [0.4, 0.5) is 0 Å². The van der Waals surface area contributed by atoms with Crippen LogP contribution in [0.15, 0.2) is 23.9 Å². The lowest BCUT2D eigenvalue weighted by Gasteiger charge is -2.11. The maximum atomic E-state index is 11.6. The molecule has 2 rings (SSSR count). The van der Waals surface area contributed by atoms with Gasteiger partial charge in [0.05, 0.1) is 7.11 Å². The zero-order chi connectivity index (χ0) is 14.5. The first kappa shape index (κ1) is 13.8. The lowest BCUT2D eigenvalue weighted by molar-refractivity contribution is -0.115. The molecule has 1 aromatic rings. The number of amides is 1. The molecular formula is C13H11N3O3S. The van der Waals surface area contributed by atoms with E-state index < -0.39 is 0 Å². The Morgan fingerprint density at radius 2 is 2.25 bits per heavy atom. The van der Waals surface area contributed by atoms with E-state index in [4.69, 9.17) is 27.0 Å². The standard InChI is InChI=1S/C13H11N3O3S/c1-18-10-4-2-3-8(11(10)19-6-5-14)7-9-12(17)16-13(20)15-9/h2-4,7H,6H2,1H3,(H2,15,16,17,20)/b9-7-. The van der Waals surface area contributed by atoms with Gasteiger partial charge in [-0.15, -0.1) is 0 Å². The van der Waals surface area contributed by atoms with Crippen LogP contribution in [0.5, 0.6) is 11.5 Å². The molecule has 102 valence electrons. The first-order valence-corrected chi connectivity index (χ1v) is 6.07. The molecule has 7 heteroatoms. The van der Waals surface area contributed by atoms with Gasteiger partial charge in [-0.2, -0.15) is 5.26 Å². The van der Waals surface area contributed by atoms with Gasteiger partial charge in [-0.25, -0.2) is 0 Å². The highest BCUT2D eigenvalue weighted by molar-refractivity contribution is 7.80.